The third kappa shape index (κ3) is 3.07. The van der Waals surface area contributed by atoms with Crippen molar-refractivity contribution < 1.29 is 0 Å². The van der Waals surface area contributed by atoms with Crippen LogP contribution in [0.5, 0.6) is 0 Å². The molecule has 1 aliphatic rings. The van der Waals surface area contributed by atoms with E-state index in [0.29, 0.717) is 6.04 Å². The highest BCUT2D eigenvalue weighted by Gasteiger charge is 2.20. The van der Waals surface area contributed by atoms with E-state index in [1.165, 1.54) is 5.56 Å². The SMILES string of the molecule is CCc1nc2n(n1)C[C@H](NCc1ccc(-n3cncn3)cc1)CC2. The van der Waals surface area contributed by atoms with E-state index in [4.69, 9.17) is 0 Å². The predicted molar refractivity (Wildman–Crippen MR) is 89.7 cm³/mol. The van der Waals surface area contributed by atoms with Crippen molar-refractivity contribution in [3.8, 4) is 5.69 Å². The molecular formula is C17H21N7. The zero-order chi connectivity index (χ0) is 16.4. The summed E-state index contributed by atoms with van der Waals surface area (Å²) in [7, 11) is 0. The van der Waals surface area contributed by atoms with Gasteiger partial charge in [-0.3, -0.25) is 0 Å². The summed E-state index contributed by atoms with van der Waals surface area (Å²) in [6.45, 7) is 3.85. The van der Waals surface area contributed by atoms with E-state index in [9.17, 15) is 0 Å². The van der Waals surface area contributed by atoms with Crippen molar-refractivity contribution in [3.63, 3.8) is 0 Å². The molecule has 0 saturated carbocycles. The Bertz CT molecular complexity index is 789. The van der Waals surface area contributed by atoms with Gasteiger partial charge in [0.05, 0.1) is 12.2 Å². The minimum Gasteiger partial charge on any atom is -0.308 e. The standard InChI is InChI=1S/C17H21N7/c1-2-16-21-17-8-5-14(10-23(17)22-16)19-9-13-3-6-15(7-4-13)24-12-18-11-20-24/h3-4,6-7,11-12,14,19H,2,5,8-10H2,1H3/t14-/m1/s1. The van der Waals surface area contributed by atoms with Gasteiger partial charge in [0.25, 0.3) is 0 Å². The number of aromatic nitrogens is 6. The maximum atomic E-state index is 4.57. The van der Waals surface area contributed by atoms with E-state index in [-0.39, 0.29) is 0 Å². The number of rotatable bonds is 5. The molecule has 1 N–H and O–H groups in total. The highest BCUT2D eigenvalue weighted by Crippen LogP contribution is 2.14. The van der Waals surface area contributed by atoms with Crippen molar-refractivity contribution in [1.82, 2.24) is 34.8 Å². The molecule has 1 atom stereocenters. The van der Waals surface area contributed by atoms with Gasteiger partial charge >= 0.3 is 0 Å². The number of benzene rings is 1. The summed E-state index contributed by atoms with van der Waals surface area (Å²) in [5, 5.41) is 12.3. The fourth-order valence-electron chi connectivity index (χ4n) is 3.05. The Kier molecular flexibility index (Phi) is 4.08. The Morgan fingerprint density at radius 1 is 1.25 bits per heavy atom. The third-order valence-corrected chi connectivity index (χ3v) is 4.43. The van der Waals surface area contributed by atoms with Crippen molar-refractivity contribution in [2.24, 2.45) is 0 Å². The first-order valence-electron chi connectivity index (χ1n) is 8.41. The molecule has 1 aliphatic heterocycles. The van der Waals surface area contributed by atoms with Gasteiger partial charge in [0.15, 0.2) is 5.82 Å². The molecular weight excluding hydrogens is 302 g/mol. The highest BCUT2D eigenvalue weighted by molar-refractivity contribution is 5.33. The Labute approximate surface area is 140 Å². The molecule has 3 aromatic rings. The molecule has 0 bridgehead atoms. The predicted octanol–water partition coefficient (Wildman–Crippen LogP) is 1.53. The van der Waals surface area contributed by atoms with Crippen molar-refractivity contribution in [3.05, 3.63) is 54.1 Å². The lowest BCUT2D eigenvalue weighted by atomic mass is 10.1. The molecule has 0 amide bonds. The quantitative estimate of drug-likeness (QED) is 0.771. The molecule has 124 valence electrons. The van der Waals surface area contributed by atoms with Crippen LogP contribution in [0, 0.1) is 0 Å². The normalized spacial score (nSPS) is 17.0. The molecule has 0 saturated heterocycles. The van der Waals surface area contributed by atoms with E-state index in [1.54, 1.807) is 17.3 Å². The van der Waals surface area contributed by atoms with Crippen LogP contribution >= 0.6 is 0 Å². The smallest absolute Gasteiger partial charge is 0.150 e. The van der Waals surface area contributed by atoms with E-state index in [0.717, 1.165) is 49.7 Å². The number of fused-ring (bicyclic) bond motifs is 1. The molecule has 7 heteroatoms. The fraction of sp³-hybridized carbons (Fsp3) is 0.412. The zero-order valence-electron chi connectivity index (χ0n) is 13.8. The van der Waals surface area contributed by atoms with Gasteiger partial charge in [-0.25, -0.2) is 19.3 Å². The van der Waals surface area contributed by atoms with Crippen molar-refractivity contribution in [2.45, 2.75) is 45.3 Å². The summed E-state index contributed by atoms with van der Waals surface area (Å²) >= 11 is 0. The number of nitrogens with zero attached hydrogens (tertiary/aromatic N) is 6. The second-order valence-electron chi connectivity index (χ2n) is 6.10. The van der Waals surface area contributed by atoms with Crippen LogP contribution < -0.4 is 5.32 Å². The molecule has 0 radical (unpaired) electrons. The molecule has 7 nitrogen and oxygen atoms in total. The van der Waals surface area contributed by atoms with Gasteiger partial charge in [0, 0.05) is 25.4 Å². The molecule has 4 rings (SSSR count). The van der Waals surface area contributed by atoms with Crippen molar-refractivity contribution in [1.29, 1.82) is 0 Å². The van der Waals surface area contributed by atoms with Gasteiger partial charge in [0.2, 0.25) is 0 Å². The number of nitrogens with one attached hydrogen (secondary N) is 1. The largest absolute Gasteiger partial charge is 0.308 e. The minimum absolute atomic E-state index is 0.443. The summed E-state index contributed by atoms with van der Waals surface area (Å²) < 4.78 is 3.82. The summed E-state index contributed by atoms with van der Waals surface area (Å²) in [5.41, 5.74) is 2.28. The van der Waals surface area contributed by atoms with Crippen LogP contribution in [0.3, 0.4) is 0 Å². The van der Waals surface area contributed by atoms with Gasteiger partial charge in [-0.2, -0.15) is 10.2 Å². The number of hydrogen-bond acceptors (Lipinski definition) is 5. The molecule has 0 aliphatic carbocycles. The van der Waals surface area contributed by atoms with Gasteiger partial charge in [-0.05, 0) is 24.1 Å². The van der Waals surface area contributed by atoms with Crippen LogP contribution in [0.4, 0.5) is 0 Å². The van der Waals surface area contributed by atoms with Crippen LogP contribution in [0.15, 0.2) is 36.9 Å². The van der Waals surface area contributed by atoms with Crippen LogP contribution in [0.1, 0.15) is 30.6 Å². The summed E-state index contributed by atoms with van der Waals surface area (Å²) in [6, 6.07) is 8.83. The molecule has 2 aromatic heterocycles. The Balaban J connectivity index is 1.35. The van der Waals surface area contributed by atoms with Gasteiger partial charge in [-0.1, -0.05) is 19.1 Å². The van der Waals surface area contributed by atoms with Crippen LogP contribution in [-0.4, -0.2) is 35.6 Å². The maximum absolute atomic E-state index is 4.57. The Morgan fingerprint density at radius 3 is 2.88 bits per heavy atom. The highest BCUT2D eigenvalue weighted by atomic mass is 15.4. The van der Waals surface area contributed by atoms with Crippen molar-refractivity contribution in [2.75, 3.05) is 0 Å². The van der Waals surface area contributed by atoms with Crippen LogP contribution in [0.2, 0.25) is 0 Å². The van der Waals surface area contributed by atoms with E-state index in [1.807, 2.05) is 0 Å². The van der Waals surface area contributed by atoms with Crippen molar-refractivity contribution >= 4 is 0 Å². The molecule has 0 fully saturated rings. The monoisotopic (exact) mass is 323 g/mol. The lowest BCUT2D eigenvalue weighted by molar-refractivity contribution is 0.357. The van der Waals surface area contributed by atoms with Crippen LogP contribution in [0.25, 0.3) is 5.69 Å². The minimum atomic E-state index is 0.443. The topological polar surface area (TPSA) is 73.5 Å². The number of aryl methyl sites for hydroxylation is 2. The van der Waals surface area contributed by atoms with Gasteiger partial charge in [-0.15, -0.1) is 0 Å². The maximum Gasteiger partial charge on any atom is 0.150 e. The molecule has 24 heavy (non-hydrogen) atoms. The molecule has 0 spiro atoms. The first kappa shape index (κ1) is 15.0. The summed E-state index contributed by atoms with van der Waals surface area (Å²) in [6.07, 6.45) is 6.25. The lowest BCUT2D eigenvalue weighted by Gasteiger charge is -2.23. The molecule has 1 aromatic carbocycles. The third-order valence-electron chi connectivity index (χ3n) is 4.43. The Morgan fingerprint density at radius 2 is 2.12 bits per heavy atom. The second kappa shape index (κ2) is 6.52. The first-order valence-corrected chi connectivity index (χ1v) is 8.41. The summed E-state index contributed by atoms with van der Waals surface area (Å²) in [4.78, 5) is 8.54. The Hall–Kier alpha value is -2.54. The second-order valence-corrected chi connectivity index (χ2v) is 6.10. The average Bonchev–Trinajstić information content (AvgIpc) is 3.29. The van der Waals surface area contributed by atoms with Gasteiger partial charge in [0.1, 0.15) is 18.5 Å². The number of hydrogen-bond donors (Lipinski definition) is 1. The van der Waals surface area contributed by atoms with E-state index < -0.39 is 0 Å². The van der Waals surface area contributed by atoms with E-state index >= 15 is 0 Å². The van der Waals surface area contributed by atoms with E-state index in [2.05, 4.69) is 61.4 Å². The fourth-order valence-corrected chi connectivity index (χ4v) is 3.05. The molecule has 3 heterocycles. The van der Waals surface area contributed by atoms with Crippen LogP contribution in [-0.2, 0) is 25.9 Å². The average molecular weight is 323 g/mol. The van der Waals surface area contributed by atoms with Gasteiger partial charge < -0.3 is 5.32 Å². The zero-order valence-corrected chi connectivity index (χ0v) is 13.8. The molecule has 0 unspecified atom stereocenters. The first-order chi connectivity index (χ1) is 11.8. The lowest BCUT2D eigenvalue weighted by Crippen LogP contribution is -2.37. The summed E-state index contributed by atoms with van der Waals surface area (Å²) in [5.74, 6) is 2.08.